The van der Waals surface area contributed by atoms with Crippen LogP contribution in [0.2, 0.25) is 0 Å². The Kier molecular flexibility index (Phi) is 3.27. The van der Waals surface area contributed by atoms with Crippen LogP contribution in [-0.2, 0) is 0 Å². The van der Waals surface area contributed by atoms with E-state index in [9.17, 15) is 0 Å². The molecule has 0 aromatic heterocycles. The van der Waals surface area contributed by atoms with Gasteiger partial charge in [-0.2, -0.15) is 0 Å². The fourth-order valence-electron chi connectivity index (χ4n) is 3.19. The van der Waals surface area contributed by atoms with Crippen molar-refractivity contribution in [2.24, 2.45) is 10.8 Å². The number of hydrogen-bond donors (Lipinski definition) is 1. The zero-order valence-corrected chi connectivity index (χ0v) is 9.98. The van der Waals surface area contributed by atoms with Crippen molar-refractivity contribution in [3.8, 4) is 12.3 Å². The first kappa shape index (κ1) is 11.6. The second kappa shape index (κ2) is 3.95. The molecule has 1 fully saturated rings. The molecule has 0 spiro atoms. The van der Waals surface area contributed by atoms with E-state index < -0.39 is 0 Å². The summed E-state index contributed by atoms with van der Waals surface area (Å²) in [5.74, 6) is 2.66. The molecule has 0 aliphatic heterocycles. The summed E-state index contributed by atoms with van der Waals surface area (Å²) in [7, 11) is 0. The minimum Gasteiger partial charge on any atom is -0.303 e. The quantitative estimate of drug-likeness (QED) is 0.665. The van der Waals surface area contributed by atoms with Crippen molar-refractivity contribution in [1.29, 1.82) is 0 Å². The fourth-order valence-corrected chi connectivity index (χ4v) is 3.19. The number of terminal acetylenes is 1. The molecule has 0 saturated heterocycles. The third-order valence-corrected chi connectivity index (χ3v) is 3.05. The average Bonchev–Trinajstić information content (AvgIpc) is 1.94. The highest BCUT2D eigenvalue weighted by Gasteiger charge is 2.37. The van der Waals surface area contributed by atoms with Crippen molar-refractivity contribution in [3.63, 3.8) is 0 Å². The van der Waals surface area contributed by atoms with Crippen LogP contribution in [0.4, 0.5) is 0 Å². The first-order valence-electron chi connectivity index (χ1n) is 5.52. The van der Waals surface area contributed by atoms with Crippen molar-refractivity contribution in [1.82, 2.24) is 5.32 Å². The van der Waals surface area contributed by atoms with Gasteiger partial charge in [0.25, 0.3) is 0 Å². The first-order valence-corrected chi connectivity index (χ1v) is 5.52. The van der Waals surface area contributed by atoms with Gasteiger partial charge in [0.05, 0.1) is 6.54 Å². The van der Waals surface area contributed by atoms with Crippen LogP contribution in [0.15, 0.2) is 0 Å². The summed E-state index contributed by atoms with van der Waals surface area (Å²) < 4.78 is 0. The molecule has 0 aromatic carbocycles. The average molecular weight is 193 g/mol. The first-order chi connectivity index (χ1) is 6.35. The lowest BCUT2D eigenvalue weighted by atomic mass is 9.63. The maximum atomic E-state index is 5.27. The molecule has 80 valence electrons. The van der Waals surface area contributed by atoms with Crippen molar-refractivity contribution < 1.29 is 0 Å². The van der Waals surface area contributed by atoms with Crippen LogP contribution in [0.5, 0.6) is 0 Å². The number of hydrogen-bond acceptors (Lipinski definition) is 1. The van der Waals surface area contributed by atoms with Crippen LogP contribution in [0.25, 0.3) is 0 Å². The Morgan fingerprint density at radius 1 is 1.21 bits per heavy atom. The number of rotatable bonds is 2. The summed E-state index contributed by atoms with van der Waals surface area (Å²) in [6, 6.07) is 0.602. The van der Waals surface area contributed by atoms with Crippen LogP contribution in [-0.4, -0.2) is 12.6 Å². The summed E-state index contributed by atoms with van der Waals surface area (Å²) >= 11 is 0. The van der Waals surface area contributed by atoms with Crippen LogP contribution >= 0.6 is 0 Å². The van der Waals surface area contributed by atoms with E-state index in [2.05, 4.69) is 38.9 Å². The lowest BCUT2D eigenvalue weighted by molar-refractivity contribution is 0.0868. The van der Waals surface area contributed by atoms with E-state index in [0.717, 1.165) is 0 Å². The molecule has 0 radical (unpaired) electrons. The summed E-state index contributed by atoms with van der Waals surface area (Å²) in [6.07, 6.45) is 9.08. The van der Waals surface area contributed by atoms with Gasteiger partial charge in [-0.1, -0.05) is 33.6 Å². The maximum absolute atomic E-state index is 5.27. The molecular formula is C13H23N. The molecular weight excluding hydrogens is 170 g/mol. The van der Waals surface area contributed by atoms with Crippen molar-refractivity contribution >= 4 is 0 Å². The van der Waals surface area contributed by atoms with Gasteiger partial charge in [0.2, 0.25) is 0 Å². The summed E-state index contributed by atoms with van der Waals surface area (Å²) in [6.45, 7) is 10.1. The third-order valence-electron chi connectivity index (χ3n) is 3.05. The minimum absolute atomic E-state index is 0.452. The van der Waals surface area contributed by atoms with Crippen molar-refractivity contribution in [2.75, 3.05) is 6.54 Å². The highest BCUT2D eigenvalue weighted by atomic mass is 14.9. The zero-order chi connectivity index (χ0) is 10.8. The lowest BCUT2D eigenvalue weighted by Gasteiger charge is -2.45. The zero-order valence-electron chi connectivity index (χ0n) is 9.98. The molecule has 1 rings (SSSR count). The van der Waals surface area contributed by atoms with Gasteiger partial charge in [-0.15, -0.1) is 6.42 Å². The minimum atomic E-state index is 0.452. The smallest absolute Gasteiger partial charge is 0.0575 e. The van der Waals surface area contributed by atoms with E-state index in [0.29, 0.717) is 23.4 Å². The van der Waals surface area contributed by atoms with E-state index in [4.69, 9.17) is 6.42 Å². The molecule has 14 heavy (non-hydrogen) atoms. The Balaban J connectivity index is 2.58. The van der Waals surface area contributed by atoms with Gasteiger partial charge in [-0.05, 0) is 30.1 Å². The highest BCUT2D eigenvalue weighted by molar-refractivity contribution is 4.95. The molecule has 0 unspecified atom stereocenters. The molecule has 1 aliphatic rings. The normalized spacial score (nSPS) is 25.6. The number of nitrogens with one attached hydrogen (secondary N) is 1. The van der Waals surface area contributed by atoms with Gasteiger partial charge < -0.3 is 5.32 Å². The largest absolute Gasteiger partial charge is 0.303 e. The Morgan fingerprint density at radius 3 is 2.14 bits per heavy atom. The third kappa shape index (κ3) is 3.35. The van der Waals surface area contributed by atoms with Gasteiger partial charge in [0, 0.05) is 6.04 Å². The molecule has 0 atom stereocenters. The molecule has 1 aliphatic carbocycles. The summed E-state index contributed by atoms with van der Waals surface area (Å²) in [5, 5.41) is 3.45. The molecule has 1 heteroatoms. The Morgan fingerprint density at radius 2 is 1.71 bits per heavy atom. The van der Waals surface area contributed by atoms with Gasteiger partial charge in [0.15, 0.2) is 0 Å². The van der Waals surface area contributed by atoms with E-state index in [1.165, 1.54) is 19.3 Å². The SMILES string of the molecule is C#CCNC1CC(C)(C)CC(C)(C)C1. The van der Waals surface area contributed by atoms with Crippen LogP contribution in [0.3, 0.4) is 0 Å². The molecule has 1 nitrogen and oxygen atoms in total. The second-order valence-electron chi connectivity index (χ2n) is 6.20. The van der Waals surface area contributed by atoms with Crippen LogP contribution < -0.4 is 5.32 Å². The molecule has 1 N–H and O–H groups in total. The Labute approximate surface area is 88.7 Å². The molecule has 0 aromatic rings. The fraction of sp³-hybridized carbons (Fsp3) is 0.846. The summed E-state index contributed by atoms with van der Waals surface area (Å²) in [4.78, 5) is 0. The van der Waals surface area contributed by atoms with E-state index in [1.54, 1.807) is 0 Å². The van der Waals surface area contributed by atoms with Gasteiger partial charge >= 0.3 is 0 Å². The molecule has 1 saturated carbocycles. The van der Waals surface area contributed by atoms with E-state index in [1.807, 2.05) is 0 Å². The topological polar surface area (TPSA) is 12.0 Å². The van der Waals surface area contributed by atoms with Crippen molar-refractivity contribution in [3.05, 3.63) is 0 Å². The monoisotopic (exact) mass is 193 g/mol. The van der Waals surface area contributed by atoms with E-state index in [-0.39, 0.29) is 0 Å². The standard InChI is InChI=1S/C13H23N/c1-6-7-14-11-8-12(2,3)10-13(4,5)9-11/h1,11,14H,7-10H2,2-5H3. The van der Waals surface area contributed by atoms with Gasteiger partial charge in [0.1, 0.15) is 0 Å². The lowest BCUT2D eigenvalue weighted by Crippen LogP contribution is -2.43. The van der Waals surface area contributed by atoms with Crippen molar-refractivity contribution in [2.45, 2.75) is 53.0 Å². The Bertz CT molecular complexity index is 216. The highest BCUT2D eigenvalue weighted by Crippen LogP contribution is 2.45. The van der Waals surface area contributed by atoms with Gasteiger partial charge in [-0.25, -0.2) is 0 Å². The predicted molar refractivity (Wildman–Crippen MR) is 62.0 cm³/mol. The van der Waals surface area contributed by atoms with Gasteiger partial charge in [-0.3, -0.25) is 0 Å². The maximum Gasteiger partial charge on any atom is 0.0575 e. The molecule has 0 heterocycles. The molecule has 0 bridgehead atoms. The second-order valence-corrected chi connectivity index (χ2v) is 6.20. The van der Waals surface area contributed by atoms with E-state index >= 15 is 0 Å². The van der Waals surface area contributed by atoms with Crippen LogP contribution in [0.1, 0.15) is 47.0 Å². The van der Waals surface area contributed by atoms with Crippen LogP contribution in [0, 0.1) is 23.2 Å². The molecule has 0 amide bonds. The summed E-state index contributed by atoms with van der Waals surface area (Å²) in [5.41, 5.74) is 0.905. The Hall–Kier alpha value is -0.480. The predicted octanol–water partition coefficient (Wildman–Crippen LogP) is 2.81.